The van der Waals surface area contributed by atoms with Gasteiger partial charge in [0, 0.05) is 38.9 Å². The fourth-order valence-electron chi connectivity index (χ4n) is 2.64. The Morgan fingerprint density at radius 3 is 2.39 bits per heavy atom. The SMILES string of the molecule is CN=C(NCc1cc2c(cc1OC(F)F)OCO2)NCC(OC)C(C)(C)C.I. The number of benzene rings is 1. The molecule has 0 aliphatic carbocycles. The van der Waals surface area contributed by atoms with Gasteiger partial charge in [0.1, 0.15) is 5.75 Å². The highest BCUT2D eigenvalue weighted by Gasteiger charge is 2.24. The van der Waals surface area contributed by atoms with Gasteiger partial charge < -0.3 is 29.6 Å². The number of rotatable bonds is 7. The second-order valence-corrected chi connectivity index (χ2v) is 7.09. The molecule has 7 nitrogen and oxygen atoms in total. The third-order valence-corrected chi connectivity index (χ3v) is 4.15. The molecule has 1 aliphatic rings. The average molecular weight is 515 g/mol. The van der Waals surface area contributed by atoms with E-state index >= 15 is 0 Å². The number of nitrogens with zero attached hydrogens (tertiary/aromatic N) is 1. The Balaban J connectivity index is 0.00000392. The van der Waals surface area contributed by atoms with Crippen LogP contribution in [0.15, 0.2) is 17.1 Å². The van der Waals surface area contributed by atoms with Crippen molar-refractivity contribution in [3.8, 4) is 17.2 Å². The molecular formula is C18H28F2IN3O4. The van der Waals surface area contributed by atoms with E-state index in [1.807, 2.05) is 0 Å². The predicted octanol–water partition coefficient (Wildman–Crippen LogP) is 3.36. The molecule has 0 saturated heterocycles. The molecule has 0 saturated carbocycles. The van der Waals surface area contributed by atoms with Crippen LogP contribution in [0, 0.1) is 5.41 Å². The van der Waals surface area contributed by atoms with Gasteiger partial charge in [-0.2, -0.15) is 8.78 Å². The van der Waals surface area contributed by atoms with E-state index < -0.39 is 6.61 Å². The van der Waals surface area contributed by atoms with Gasteiger partial charge in [0.2, 0.25) is 6.79 Å². The topological polar surface area (TPSA) is 73.3 Å². The van der Waals surface area contributed by atoms with Crippen LogP contribution in [0.1, 0.15) is 26.3 Å². The van der Waals surface area contributed by atoms with E-state index in [4.69, 9.17) is 14.2 Å². The highest BCUT2D eigenvalue weighted by atomic mass is 127. The zero-order chi connectivity index (χ0) is 20.0. The van der Waals surface area contributed by atoms with Crippen LogP contribution in [0.3, 0.4) is 0 Å². The number of nitrogens with one attached hydrogen (secondary N) is 2. The van der Waals surface area contributed by atoms with Crippen molar-refractivity contribution in [1.29, 1.82) is 0 Å². The van der Waals surface area contributed by atoms with Crippen LogP contribution >= 0.6 is 24.0 Å². The lowest BCUT2D eigenvalue weighted by Crippen LogP contribution is -2.45. The Morgan fingerprint density at radius 2 is 1.86 bits per heavy atom. The maximum absolute atomic E-state index is 12.7. The molecule has 2 rings (SSSR count). The van der Waals surface area contributed by atoms with Crippen LogP contribution in [-0.4, -0.2) is 46.2 Å². The van der Waals surface area contributed by atoms with Gasteiger partial charge in [0.25, 0.3) is 0 Å². The van der Waals surface area contributed by atoms with Crippen LogP contribution in [-0.2, 0) is 11.3 Å². The molecule has 1 unspecified atom stereocenters. The monoisotopic (exact) mass is 515 g/mol. The van der Waals surface area contributed by atoms with E-state index in [9.17, 15) is 8.78 Å². The standard InChI is InChI=1S/C18H27F2N3O4.HI/c1-18(2,3)15(24-5)9-23-17(21-4)22-8-11-6-13-14(26-10-25-13)7-12(11)27-16(19)20;/h6-7,15-16H,8-10H2,1-5H3,(H2,21,22,23);1H. The molecule has 1 heterocycles. The number of guanidine groups is 1. The Hall–Kier alpha value is -1.56. The molecule has 0 radical (unpaired) electrons. The number of aliphatic imine (C=N–C) groups is 1. The van der Waals surface area contributed by atoms with E-state index in [2.05, 4.69) is 41.1 Å². The summed E-state index contributed by atoms with van der Waals surface area (Å²) in [5.74, 6) is 1.41. The number of fused-ring (bicyclic) bond motifs is 1. The zero-order valence-electron chi connectivity index (χ0n) is 16.7. The lowest BCUT2D eigenvalue weighted by atomic mass is 9.89. The number of methoxy groups -OCH3 is 1. The van der Waals surface area contributed by atoms with Crippen molar-refractivity contribution in [1.82, 2.24) is 10.6 Å². The van der Waals surface area contributed by atoms with Gasteiger partial charge in [-0.3, -0.25) is 4.99 Å². The quantitative estimate of drug-likeness (QED) is 0.330. The predicted molar refractivity (Wildman–Crippen MR) is 113 cm³/mol. The van der Waals surface area contributed by atoms with Gasteiger partial charge in [0.15, 0.2) is 17.5 Å². The molecule has 0 fully saturated rings. The number of hydrogen-bond donors (Lipinski definition) is 2. The number of halogens is 3. The lowest BCUT2D eigenvalue weighted by molar-refractivity contribution is -0.0505. The summed E-state index contributed by atoms with van der Waals surface area (Å²) in [6, 6.07) is 3.02. The lowest BCUT2D eigenvalue weighted by Gasteiger charge is -2.30. The Kier molecular flexibility index (Phi) is 9.48. The minimum absolute atomic E-state index is 0. The summed E-state index contributed by atoms with van der Waals surface area (Å²) in [5.41, 5.74) is 0.456. The molecule has 0 aromatic heterocycles. The van der Waals surface area contributed by atoms with Crippen LogP contribution in [0.25, 0.3) is 0 Å². The molecule has 2 N–H and O–H groups in total. The van der Waals surface area contributed by atoms with Crippen molar-refractivity contribution in [3.63, 3.8) is 0 Å². The number of ether oxygens (including phenoxy) is 4. The van der Waals surface area contributed by atoms with Gasteiger partial charge in [0.05, 0.1) is 6.10 Å². The average Bonchev–Trinajstić information content (AvgIpc) is 3.03. The molecule has 1 aromatic carbocycles. The number of alkyl halides is 2. The normalized spacial score (nSPS) is 14.5. The first-order chi connectivity index (χ1) is 12.7. The fraction of sp³-hybridized carbons (Fsp3) is 0.611. The van der Waals surface area contributed by atoms with Gasteiger partial charge in [-0.15, -0.1) is 24.0 Å². The summed E-state index contributed by atoms with van der Waals surface area (Å²) in [4.78, 5) is 4.15. The van der Waals surface area contributed by atoms with Crippen molar-refractivity contribution in [3.05, 3.63) is 17.7 Å². The molecular weight excluding hydrogens is 487 g/mol. The Morgan fingerprint density at radius 1 is 1.21 bits per heavy atom. The third-order valence-electron chi connectivity index (χ3n) is 4.15. The van der Waals surface area contributed by atoms with E-state index in [0.29, 0.717) is 29.6 Å². The van der Waals surface area contributed by atoms with Crippen molar-refractivity contribution in [2.24, 2.45) is 10.4 Å². The van der Waals surface area contributed by atoms with Gasteiger partial charge in [-0.1, -0.05) is 20.8 Å². The largest absolute Gasteiger partial charge is 0.454 e. The molecule has 1 aromatic rings. The second-order valence-electron chi connectivity index (χ2n) is 7.09. The summed E-state index contributed by atoms with van der Waals surface area (Å²) in [7, 11) is 3.29. The van der Waals surface area contributed by atoms with E-state index in [-0.39, 0.29) is 54.6 Å². The smallest absolute Gasteiger partial charge is 0.387 e. The molecule has 1 atom stereocenters. The molecule has 1 aliphatic heterocycles. The van der Waals surface area contributed by atoms with Crippen LogP contribution in [0.4, 0.5) is 8.78 Å². The maximum Gasteiger partial charge on any atom is 0.387 e. The Labute approximate surface area is 181 Å². The molecule has 160 valence electrons. The summed E-state index contributed by atoms with van der Waals surface area (Å²) in [5, 5.41) is 6.26. The first-order valence-electron chi connectivity index (χ1n) is 8.59. The molecule has 0 spiro atoms. The van der Waals surface area contributed by atoms with E-state index in [0.717, 1.165) is 0 Å². The van der Waals surface area contributed by atoms with Crippen LogP contribution < -0.4 is 24.8 Å². The molecule has 28 heavy (non-hydrogen) atoms. The van der Waals surface area contributed by atoms with Crippen molar-refractivity contribution in [2.45, 2.75) is 40.0 Å². The zero-order valence-corrected chi connectivity index (χ0v) is 19.0. The first-order valence-corrected chi connectivity index (χ1v) is 8.59. The molecule has 10 heteroatoms. The summed E-state index contributed by atoms with van der Waals surface area (Å²) >= 11 is 0. The van der Waals surface area contributed by atoms with E-state index in [1.165, 1.54) is 6.07 Å². The van der Waals surface area contributed by atoms with Crippen LogP contribution in [0.2, 0.25) is 0 Å². The maximum atomic E-state index is 12.7. The fourth-order valence-corrected chi connectivity index (χ4v) is 2.64. The third kappa shape index (κ3) is 6.80. The highest BCUT2D eigenvalue weighted by Crippen LogP contribution is 2.38. The first kappa shape index (κ1) is 24.5. The van der Waals surface area contributed by atoms with Gasteiger partial charge in [-0.25, -0.2) is 0 Å². The summed E-state index contributed by atoms with van der Waals surface area (Å²) in [6.45, 7) is 4.12. The second kappa shape index (κ2) is 10.8. The van der Waals surface area contributed by atoms with E-state index in [1.54, 1.807) is 20.2 Å². The summed E-state index contributed by atoms with van der Waals surface area (Å²) in [6.07, 6.45) is -0.0284. The van der Waals surface area contributed by atoms with Crippen LogP contribution in [0.5, 0.6) is 17.2 Å². The molecule has 0 bridgehead atoms. The van der Waals surface area contributed by atoms with Gasteiger partial charge >= 0.3 is 6.61 Å². The van der Waals surface area contributed by atoms with Crippen molar-refractivity contribution < 1.29 is 27.7 Å². The minimum atomic E-state index is -2.93. The van der Waals surface area contributed by atoms with Crippen molar-refractivity contribution in [2.75, 3.05) is 27.5 Å². The minimum Gasteiger partial charge on any atom is -0.454 e. The number of hydrogen-bond acceptors (Lipinski definition) is 5. The highest BCUT2D eigenvalue weighted by molar-refractivity contribution is 14.0. The molecule has 0 amide bonds. The van der Waals surface area contributed by atoms with Crippen molar-refractivity contribution >= 4 is 29.9 Å². The van der Waals surface area contributed by atoms with Gasteiger partial charge in [-0.05, 0) is 11.5 Å². The summed E-state index contributed by atoms with van der Waals surface area (Å²) < 4.78 is 46.1. The Bertz CT molecular complexity index is 669.